The van der Waals surface area contributed by atoms with Crippen molar-refractivity contribution in [2.24, 2.45) is 0 Å². The largest absolute Gasteiger partial charge is 0.416 e. The predicted molar refractivity (Wildman–Crippen MR) is 90.3 cm³/mol. The second-order valence-electron chi connectivity index (χ2n) is 6.34. The lowest BCUT2D eigenvalue weighted by Crippen LogP contribution is -2.24. The molecule has 6 heteroatoms. The second kappa shape index (κ2) is 6.19. The van der Waals surface area contributed by atoms with Gasteiger partial charge in [0.1, 0.15) is 0 Å². The summed E-state index contributed by atoms with van der Waals surface area (Å²) in [5.74, 6) is 0. The zero-order valence-electron chi connectivity index (χ0n) is 13.6. The number of benzene rings is 1. The maximum atomic E-state index is 13.1. The minimum atomic E-state index is -4.32. The van der Waals surface area contributed by atoms with Gasteiger partial charge >= 0.3 is 6.18 Å². The zero-order valence-corrected chi connectivity index (χ0v) is 13.6. The number of nitrogens with zero attached hydrogens (tertiary/aromatic N) is 2. The molecular weight excluding hydrogens is 327 g/mol. The number of aryl methyl sites for hydroxylation is 2. The summed E-state index contributed by atoms with van der Waals surface area (Å²) in [5, 5.41) is 3.99. The molecule has 25 heavy (non-hydrogen) atoms. The fourth-order valence-electron chi connectivity index (χ4n) is 3.60. The van der Waals surface area contributed by atoms with E-state index in [1.165, 1.54) is 12.1 Å². The van der Waals surface area contributed by atoms with E-state index in [2.05, 4.69) is 14.9 Å². The molecule has 0 spiro atoms. The van der Waals surface area contributed by atoms with Crippen molar-refractivity contribution in [1.82, 2.24) is 14.9 Å². The first kappa shape index (κ1) is 16.1. The molecule has 3 nitrogen and oxygen atoms in total. The molecule has 3 heterocycles. The normalized spacial score (nSPS) is 14.7. The second-order valence-corrected chi connectivity index (χ2v) is 6.34. The van der Waals surface area contributed by atoms with Gasteiger partial charge in [-0.2, -0.15) is 13.2 Å². The van der Waals surface area contributed by atoms with Crippen molar-refractivity contribution in [1.29, 1.82) is 0 Å². The highest BCUT2D eigenvalue weighted by Gasteiger charge is 2.31. The predicted octanol–water partition coefficient (Wildman–Crippen LogP) is 3.94. The van der Waals surface area contributed by atoms with Crippen molar-refractivity contribution in [2.75, 3.05) is 6.54 Å². The third-order valence-electron chi connectivity index (χ3n) is 4.80. The van der Waals surface area contributed by atoms with Crippen LogP contribution in [0.1, 0.15) is 22.4 Å². The number of fused-ring (bicyclic) bond motifs is 3. The van der Waals surface area contributed by atoms with Crippen molar-refractivity contribution in [3.8, 4) is 0 Å². The van der Waals surface area contributed by atoms with Gasteiger partial charge in [-0.3, -0.25) is 4.98 Å². The summed E-state index contributed by atoms with van der Waals surface area (Å²) in [5.41, 5.74) is 3.57. The molecule has 1 aliphatic heterocycles. The molecule has 0 aliphatic carbocycles. The van der Waals surface area contributed by atoms with E-state index in [0.717, 1.165) is 48.3 Å². The number of hydrogen-bond donors (Lipinski definition) is 1. The number of pyridine rings is 1. The van der Waals surface area contributed by atoms with Crippen LogP contribution >= 0.6 is 0 Å². The van der Waals surface area contributed by atoms with E-state index >= 15 is 0 Å². The minimum absolute atomic E-state index is 0.585. The van der Waals surface area contributed by atoms with Crippen LogP contribution in [0.4, 0.5) is 13.2 Å². The molecule has 0 amide bonds. The molecule has 1 aliphatic rings. The van der Waals surface area contributed by atoms with Gasteiger partial charge in [-0.15, -0.1) is 0 Å². The summed E-state index contributed by atoms with van der Waals surface area (Å²) in [6.45, 7) is 2.21. The summed E-state index contributed by atoms with van der Waals surface area (Å²) in [4.78, 5) is 4.13. The highest BCUT2D eigenvalue weighted by atomic mass is 19.4. The van der Waals surface area contributed by atoms with Gasteiger partial charge in [0.15, 0.2) is 0 Å². The average molecular weight is 345 g/mol. The number of rotatable bonds is 3. The molecule has 0 unspecified atom stereocenters. The average Bonchev–Trinajstić information content (AvgIpc) is 2.93. The molecule has 0 saturated carbocycles. The zero-order chi connectivity index (χ0) is 17.4. The first-order chi connectivity index (χ1) is 12.0. The topological polar surface area (TPSA) is 29.9 Å². The van der Waals surface area contributed by atoms with Gasteiger partial charge in [0.05, 0.1) is 5.56 Å². The lowest BCUT2D eigenvalue weighted by Gasteiger charge is -2.17. The van der Waals surface area contributed by atoms with Crippen molar-refractivity contribution >= 4 is 10.9 Å². The van der Waals surface area contributed by atoms with Crippen LogP contribution in [0.3, 0.4) is 0 Å². The maximum absolute atomic E-state index is 13.1. The number of halogens is 3. The summed E-state index contributed by atoms with van der Waals surface area (Å²) >= 11 is 0. The number of hydrogen-bond acceptors (Lipinski definition) is 2. The Kier molecular flexibility index (Phi) is 4.00. The van der Waals surface area contributed by atoms with Gasteiger partial charge in [0.25, 0.3) is 0 Å². The van der Waals surface area contributed by atoms with Gasteiger partial charge in [-0.1, -0.05) is 6.07 Å². The highest BCUT2D eigenvalue weighted by Crippen LogP contribution is 2.35. The number of aromatic nitrogens is 2. The Labute approximate surface area is 143 Å². The van der Waals surface area contributed by atoms with Gasteiger partial charge in [-0.25, -0.2) is 0 Å². The molecule has 130 valence electrons. The summed E-state index contributed by atoms with van der Waals surface area (Å²) in [6.07, 6.45) is 0.889. The number of nitrogens with one attached hydrogen (secondary N) is 1. The molecule has 0 radical (unpaired) electrons. The Bertz CT molecular complexity index is 898. The van der Waals surface area contributed by atoms with Crippen LogP contribution < -0.4 is 5.32 Å². The lowest BCUT2D eigenvalue weighted by molar-refractivity contribution is -0.137. The molecular formula is C19H18F3N3. The van der Waals surface area contributed by atoms with Crippen LogP contribution in [0.15, 0.2) is 42.7 Å². The maximum Gasteiger partial charge on any atom is 0.416 e. The van der Waals surface area contributed by atoms with Gasteiger partial charge < -0.3 is 9.88 Å². The summed E-state index contributed by atoms with van der Waals surface area (Å²) in [7, 11) is 0. The molecule has 0 saturated heterocycles. The van der Waals surface area contributed by atoms with Crippen LogP contribution in [0.2, 0.25) is 0 Å². The lowest BCUT2D eigenvalue weighted by atomic mass is 10.0. The first-order valence-electron chi connectivity index (χ1n) is 8.35. The Morgan fingerprint density at radius 1 is 1.20 bits per heavy atom. The number of alkyl halides is 3. The quantitative estimate of drug-likeness (QED) is 0.779. The highest BCUT2D eigenvalue weighted by molar-refractivity contribution is 5.86. The van der Waals surface area contributed by atoms with Crippen LogP contribution in [0, 0.1) is 0 Å². The van der Waals surface area contributed by atoms with Crippen molar-refractivity contribution in [3.63, 3.8) is 0 Å². The SMILES string of the molecule is FC(F)(F)c1ccc2c(c1)c1c(n2CCc2cccnc2)CCNC1. The van der Waals surface area contributed by atoms with E-state index < -0.39 is 11.7 Å². The fraction of sp³-hybridized carbons (Fsp3) is 0.316. The van der Waals surface area contributed by atoms with Gasteiger partial charge in [0.2, 0.25) is 0 Å². The summed E-state index contributed by atoms with van der Waals surface area (Å²) in [6, 6.07) is 8.01. The van der Waals surface area contributed by atoms with E-state index in [4.69, 9.17) is 0 Å². The minimum Gasteiger partial charge on any atom is -0.344 e. The Morgan fingerprint density at radius 2 is 2.08 bits per heavy atom. The van der Waals surface area contributed by atoms with Crippen molar-refractivity contribution in [2.45, 2.75) is 32.1 Å². The molecule has 2 aromatic heterocycles. The third kappa shape index (κ3) is 3.02. The van der Waals surface area contributed by atoms with Crippen LogP contribution in [0.5, 0.6) is 0 Å². The van der Waals surface area contributed by atoms with E-state index in [-0.39, 0.29) is 0 Å². The smallest absolute Gasteiger partial charge is 0.344 e. The molecule has 0 atom stereocenters. The molecule has 1 aromatic carbocycles. The molecule has 0 fully saturated rings. The van der Waals surface area contributed by atoms with Crippen LogP contribution in [-0.2, 0) is 32.1 Å². The third-order valence-corrected chi connectivity index (χ3v) is 4.80. The van der Waals surface area contributed by atoms with Crippen molar-refractivity contribution in [3.05, 3.63) is 65.1 Å². The molecule has 1 N–H and O–H groups in total. The monoisotopic (exact) mass is 345 g/mol. The molecule has 0 bridgehead atoms. The van der Waals surface area contributed by atoms with E-state index in [9.17, 15) is 13.2 Å². The van der Waals surface area contributed by atoms with E-state index in [1.807, 2.05) is 18.3 Å². The van der Waals surface area contributed by atoms with Crippen LogP contribution in [-0.4, -0.2) is 16.1 Å². The Balaban J connectivity index is 1.77. The van der Waals surface area contributed by atoms with E-state index in [0.29, 0.717) is 11.9 Å². The van der Waals surface area contributed by atoms with Crippen LogP contribution in [0.25, 0.3) is 10.9 Å². The van der Waals surface area contributed by atoms with E-state index in [1.54, 1.807) is 12.3 Å². The first-order valence-corrected chi connectivity index (χ1v) is 8.35. The van der Waals surface area contributed by atoms with Crippen molar-refractivity contribution < 1.29 is 13.2 Å². The Morgan fingerprint density at radius 3 is 2.84 bits per heavy atom. The standard InChI is InChI=1S/C19H18F3N3/c20-19(21,22)14-3-4-17-15(10-14)16-12-24-8-5-18(16)25(17)9-6-13-2-1-7-23-11-13/h1-4,7,10-11,24H,5-6,8-9,12H2. The van der Waals surface area contributed by atoms with Gasteiger partial charge in [-0.05, 0) is 41.8 Å². The Hall–Kier alpha value is -2.34. The van der Waals surface area contributed by atoms with Gasteiger partial charge in [0, 0.05) is 55.0 Å². The fourth-order valence-corrected chi connectivity index (χ4v) is 3.60. The summed E-state index contributed by atoms with van der Waals surface area (Å²) < 4.78 is 41.5. The molecule has 4 rings (SSSR count). The molecule has 3 aromatic rings.